The summed E-state index contributed by atoms with van der Waals surface area (Å²) in [4.78, 5) is 29.8. The molecular formula is C29H27Cl2N5O5. The predicted octanol–water partition coefficient (Wildman–Crippen LogP) is 3.93. The molecule has 5 rings (SSSR count). The van der Waals surface area contributed by atoms with Crippen molar-refractivity contribution in [2.24, 2.45) is 7.05 Å². The van der Waals surface area contributed by atoms with Gasteiger partial charge in [-0.2, -0.15) is 5.10 Å². The van der Waals surface area contributed by atoms with Gasteiger partial charge >= 0.3 is 0 Å². The lowest BCUT2D eigenvalue weighted by Gasteiger charge is -2.17. The molecule has 4 aromatic rings. The van der Waals surface area contributed by atoms with E-state index < -0.39 is 17.6 Å². The second-order valence-corrected chi connectivity index (χ2v) is 10.2. The number of hydrogen-bond donors (Lipinski definition) is 3. The van der Waals surface area contributed by atoms with Crippen LogP contribution in [-0.4, -0.2) is 58.2 Å². The van der Waals surface area contributed by atoms with E-state index in [-0.39, 0.29) is 16.6 Å². The summed E-state index contributed by atoms with van der Waals surface area (Å²) >= 11 is 13.7. The number of benzene rings is 2. The number of aromatic nitrogens is 3. The summed E-state index contributed by atoms with van der Waals surface area (Å²) in [6.45, 7) is 1.19. The normalized spacial score (nSPS) is 16.5. The largest absolute Gasteiger partial charge is 0.481 e. The maximum absolute atomic E-state index is 12.8. The Morgan fingerprint density at radius 2 is 1.80 bits per heavy atom. The average Bonchev–Trinajstić information content (AvgIpc) is 3.39. The molecule has 0 radical (unpaired) electrons. The maximum Gasteiger partial charge on any atom is 0.279 e. The number of carbonyl (C=O) groups excluding carboxylic acids is 1. The van der Waals surface area contributed by atoms with Crippen molar-refractivity contribution in [2.45, 2.75) is 18.7 Å². The lowest BCUT2D eigenvalue weighted by Crippen LogP contribution is -2.38. The Hall–Kier alpha value is -3.80. The molecular weight excluding hydrogens is 569 g/mol. The summed E-state index contributed by atoms with van der Waals surface area (Å²) in [6, 6.07) is 15.6. The molecule has 2 aromatic heterocycles. The Morgan fingerprint density at radius 1 is 1.07 bits per heavy atom. The van der Waals surface area contributed by atoms with Gasteiger partial charge in [0, 0.05) is 42.0 Å². The molecule has 2 unspecified atom stereocenters. The molecule has 1 saturated heterocycles. The topological polar surface area (TPSA) is 128 Å². The van der Waals surface area contributed by atoms with E-state index in [9.17, 15) is 14.7 Å². The van der Waals surface area contributed by atoms with Crippen molar-refractivity contribution in [1.29, 1.82) is 0 Å². The van der Waals surface area contributed by atoms with E-state index in [0.717, 1.165) is 10.2 Å². The van der Waals surface area contributed by atoms with Gasteiger partial charge in [-0.05, 0) is 18.2 Å². The number of methoxy groups -OCH3 is 1. The first-order valence-electron chi connectivity index (χ1n) is 12.7. The molecule has 0 aliphatic carbocycles. The Kier molecular flexibility index (Phi) is 8.67. The number of anilines is 1. The lowest BCUT2D eigenvalue weighted by atomic mass is 10.00. The molecule has 3 heterocycles. The fourth-order valence-electron chi connectivity index (χ4n) is 4.55. The van der Waals surface area contributed by atoms with Crippen LogP contribution in [0.5, 0.6) is 5.88 Å². The number of nitrogens with one attached hydrogen (secondary N) is 2. The van der Waals surface area contributed by atoms with E-state index in [2.05, 4.69) is 20.7 Å². The molecule has 3 N–H and O–H groups in total. The fraction of sp³-hybridized carbons (Fsp3) is 0.241. The second kappa shape index (κ2) is 12.4. The number of hydrogen-bond acceptors (Lipinski definition) is 8. The molecule has 0 bridgehead atoms. The number of aliphatic hydroxyl groups excluding tert-OH is 1. The number of carbonyl (C=O) groups is 1. The average molecular weight is 596 g/mol. The zero-order chi connectivity index (χ0) is 29.1. The van der Waals surface area contributed by atoms with Crippen molar-refractivity contribution >= 4 is 34.8 Å². The highest BCUT2D eigenvalue weighted by Crippen LogP contribution is 2.41. The fourth-order valence-corrected chi connectivity index (χ4v) is 5.15. The second-order valence-electron chi connectivity index (χ2n) is 9.42. The summed E-state index contributed by atoms with van der Waals surface area (Å²) in [6.07, 6.45) is 0.817. The van der Waals surface area contributed by atoms with Crippen LogP contribution in [0.1, 0.15) is 15.9 Å². The summed E-state index contributed by atoms with van der Waals surface area (Å²) < 4.78 is 11.9. The minimum Gasteiger partial charge on any atom is -0.481 e. The number of aliphatic hydroxyl groups is 1. The van der Waals surface area contributed by atoms with Gasteiger partial charge in [-0.25, -0.2) is 9.67 Å². The summed E-state index contributed by atoms with van der Waals surface area (Å²) in [5.41, 5.74) is 3.03. The molecule has 2 aromatic carbocycles. The number of nitrogens with zero attached hydrogens (tertiary/aromatic N) is 3. The molecule has 212 valence electrons. The predicted molar refractivity (Wildman–Crippen MR) is 157 cm³/mol. The van der Waals surface area contributed by atoms with Gasteiger partial charge in [-0.1, -0.05) is 59.6 Å². The molecule has 1 fully saturated rings. The Balaban J connectivity index is 1.42. The zero-order valence-corrected chi connectivity index (χ0v) is 23.7. The van der Waals surface area contributed by atoms with E-state index in [1.165, 1.54) is 19.3 Å². The van der Waals surface area contributed by atoms with Gasteiger partial charge in [-0.3, -0.25) is 9.59 Å². The SMILES string of the molecule is COc1nc(-c2cccc(-c3cccc(NC(=O)c4ccnn(C)c4=O)c3Cl)c2Cl)ccc1CNC1COCC1O. The van der Waals surface area contributed by atoms with Crippen LogP contribution in [0.2, 0.25) is 10.0 Å². The van der Waals surface area contributed by atoms with Gasteiger partial charge in [0.1, 0.15) is 5.56 Å². The van der Waals surface area contributed by atoms with Crippen LogP contribution in [0.15, 0.2) is 65.6 Å². The molecule has 12 heteroatoms. The van der Waals surface area contributed by atoms with Crippen LogP contribution in [0, 0.1) is 0 Å². The van der Waals surface area contributed by atoms with Gasteiger partial charge in [0.25, 0.3) is 11.5 Å². The summed E-state index contributed by atoms with van der Waals surface area (Å²) in [7, 11) is 3.01. The van der Waals surface area contributed by atoms with Crippen LogP contribution in [-0.2, 0) is 18.3 Å². The molecule has 1 amide bonds. The smallest absolute Gasteiger partial charge is 0.279 e. The Labute approximate surface area is 245 Å². The third-order valence-electron chi connectivity index (χ3n) is 6.80. The van der Waals surface area contributed by atoms with E-state index in [0.29, 0.717) is 58.7 Å². The van der Waals surface area contributed by atoms with Gasteiger partial charge in [0.15, 0.2) is 0 Å². The monoisotopic (exact) mass is 595 g/mol. The highest BCUT2D eigenvalue weighted by molar-refractivity contribution is 6.39. The van der Waals surface area contributed by atoms with E-state index in [1.807, 2.05) is 30.3 Å². The number of aryl methyl sites for hydroxylation is 1. The summed E-state index contributed by atoms with van der Waals surface area (Å²) in [5, 5.41) is 20.5. The maximum atomic E-state index is 12.8. The minimum atomic E-state index is -0.604. The molecule has 10 nitrogen and oxygen atoms in total. The first-order chi connectivity index (χ1) is 19.8. The molecule has 0 spiro atoms. The van der Waals surface area contributed by atoms with Gasteiger partial charge in [0.2, 0.25) is 5.88 Å². The zero-order valence-electron chi connectivity index (χ0n) is 22.2. The number of pyridine rings is 1. The van der Waals surface area contributed by atoms with Crippen molar-refractivity contribution in [3.05, 3.63) is 92.3 Å². The molecule has 2 atom stereocenters. The van der Waals surface area contributed by atoms with E-state index >= 15 is 0 Å². The first kappa shape index (κ1) is 28.7. The molecule has 0 saturated carbocycles. The van der Waals surface area contributed by atoms with E-state index in [1.54, 1.807) is 25.3 Å². The van der Waals surface area contributed by atoms with E-state index in [4.69, 9.17) is 32.7 Å². The number of rotatable bonds is 8. The van der Waals surface area contributed by atoms with Gasteiger partial charge in [0.05, 0.1) is 53.9 Å². The van der Waals surface area contributed by atoms with Crippen molar-refractivity contribution in [2.75, 3.05) is 25.6 Å². The van der Waals surface area contributed by atoms with Crippen molar-refractivity contribution in [1.82, 2.24) is 20.1 Å². The lowest BCUT2D eigenvalue weighted by molar-refractivity contribution is 0.102. The quantitative estimate of drug-likeness (QED) is 0.279. The first-order valence-corrected chi connectivity index (χ1v) is 13.5. The van der Waals surface area contributed by atoms with Crippen molar-refractivity contribution in [3.8, 4) is 28.3 Å². The number of ether oxygens (including phenoxy) is 2. The molecule has 1 aliphatic rings. The van der Waals surface area contributed by atoms with Crippen LogP contribution in [0.4, 0.5) is 5.69 Å². The standard InChI is InChI=1S/C29H27Cl2N5O5/c1-36-29(39)20(11-12-33-36)27(38)34-22-8-4-6-18(26(22)31)17-5-3-7-19(25(17)30)21-10-9-16(28(35-21)40-2)13-32-23-14-41-15-24(23)37/h3-12,23-24,32,37H,13-15H2,1-2H3,(H,34,38). The number of halogens is 2. The van der Waals surface area contributed by atoms with Crippen LogP contribution < -0.4 is 20.9 Å². The molecule has 1 aliphatic heterocycles. The Morgan fingerprint density at radius 3 is 2.54 bits per heavy atom. The van der Waals surface area contributed by atoms with Crippen molar-refractivity contribution < 1.29 is 19.4 Å². The van der Waals surface area contributed by atoms with Gasteiger partial charge in [-0.15, -0.1) is 0 Å². The highest BCUT2D eigenvalue weighted by Gasteiger charge is 2.26. The van der Waals surface area contributed by atoms with Crippen LogP contribution >= 0.6 is 23.2 Å². The molecule has 41 heavy (non-hydrogen) atoms. The number of amides is 1. The van der Waals surface area contributed by atoms with Crippen LogP contribution in [0.3, 0.4) is 0 Å². The summed E-state index contributed by atoms with van der Waals surface area (Å²) in [5.74, 6) is -0.178. The third kappa shape index (κ3) is 5.97. The van der Waals surface area contributed by atoms with Crippen LogP contribution in [0.25, 0.3) is 22.4 Å². The van der Waals surface area contributed by atoms with Gasteiger partial charge < -0.3 is 25.2 Å². The minimum absolute atomic E-state index is 0.0598. The highest BCUT2D eigenvalue weighted by atomic mass is 35.5. The Bertz CT molecular complexity index is 1660. The van der Waals surface area contributed by atoms with Crippen molar-refractivity contribution in [3.63, 3.8) is 0 Å². The third-order valence-corrected chi connectivity index (χ3v) is 7.61.